The molecule has 0 amide bonds. The lowest BCUT2D eigenvalue weighted by atomic mass is 9.90. The van der Waals surface area contributed by atoms with Gasteiger partial charge in [0.25, 0.3) is 5.92 Å². The number of nitrogens with zero attached hydrogens (tertiary/aromatic N) is 1. The highest BCUT2D eigenvalue weighted by atomic mass is 19.3. The Morgan fingerprint density at radius 3 is 2.38 bits per heavy atom. The lowest BCUT2D eigenvalue weighted by Gasteiger charge is -2.23. The van der Waals surface area contributed by atoms with Gasteiger partial charge in [0.1, 0.15) is 12.4 Å². The normalized spacial score (nSPS) is 15.8. The number of carbonyl (C=O) groups excluding carboxylic acids is 1. The molecule has 0 radical (unpaired) electrons. The lowest BCUT2D eigenvalue weighted by Crippen LogP contribution is -2.29. The average molecular weight is 333 g/mol. The van der Waals surface area contributed by atoms with E-state index in [1.54, 1.807) is 24.3 Å². The van der Waals surface area contributed by atoms with Crippen LogP contribution in [0.4, 0.5) is 8.78 Å². The molecule has 0 atom stereocenters. The number of rotatable bonds is 6. The minimum absolute atomic E-state index is 0.277. The van der Waals surface area contributed by atoms with Crippen LogP contribution in [0.15, 0.2) is 42.6 Å². The number of ether oxygens (including phenoxy) is 1. The van der Waals surface area contributed by atoms with E-state index in [4.69, 9.17) is 9.84 Å². The predicted molar refractivity (Wildman–Crippen MR) is 83.7 cm³/mol. The number of hydrogen-bond donors (Lipinski definition) is 1. The van der Waals surface area contributed by atoms with E-state index < -0.39 is 23.7 Å². The van der Waals surface area contributed by atoms with E-state index in [0.29, 0.717) is 29.7 Å². The minimum Gasteiger partial charge on any atom is -0.439 e. The van der Waals surface area contributed by atoms with E-state index in [2.05, 4.69) is 4.98 Å². The molecule has 1 aromatic heterocycles. The molecule has 1 aliphatic rings. The van der Waals surface area contributed by atoms with Crippen LogP contribution in [0.1, 0.15) is 35.7 Å². The van der Waals surface area contributed by atoms with Crippen molar-refractivity contribution in [1.82, 2.24) is 4.98 Å². The van der Waals surface area contributed by atoms with Gasteiger partial charge in [-0.15, -0.1) is 0 Å². The molecule has 1 saturated carbocycles. The minimum atomic E-state index is -2.74. The first kappa shape index (κ1) is 16.5. The summed E-state index contributed by atoms with van der Waals surface area (Å²) in [5.74, 6) is -2.41. The van der Waals surface area contributed by atoms with Crippen LogP contribution in [0.5, 0.6) is 11.6 Å². The number of benzene rings is 1. The van der Waals surface area contributed by atoms with Gasteiger partial charge in [-0.25, -0.2) is 13.8 Å². The topological polar surface area (TPSA) is 59.4 Å². The highest BCUT2D eigenvalue weighted by molar-refractivity contribution is 5.96. The molecule has 126 valence electrons. The lowest BCUT2D eigenvalue weighted by molar-refractivity contribution is -0.0200. The fraction of sp³-hybridized carbons (Fsp3) is 0.333. The molecule has 1 N–H and O–H groups in total. The molecule has 0 saturated heterocycles. The first-order chi connectivity index (χ1) is 11.4. The standard InChI is InChI=1S/C18H17F2NO3/c1-17(19,20)18(8-9-18)13-3-5-14(6-4-13)24-16-7-2-12(10-21-16)15(23)11-22/h2-7,10,22H,8-9,11H2,1H3. The van der Waals surface area contributed by atoms with Crippen LogP contribution in [-0.4, -0.2) is 28.4 Å². The largest absolute Gasteiger partial charge is 0.439 e. The summed E-state index contributed by atoms with van der Waals surface area (Å²) in [7, 11) is 0. The van der Waals surface area contributed by atoms with Crippen LogP contribution in [0.3, 0.4) is 0 Å². The summed E-state index contributed by atoms with van der Waals surface area (Å²) in [6.45, 7) is 0.386. The molecule has 24 heavy (non-hydrogen) atoms. The summed E-state index contributed by atoms with van der Waals surface area (Å²) in [5, 5.41) is 8.78. The van der Waals surface area contributed by atoms with Crippen molar-refractivity contribution in [3.8, 4) is 11.6 Å². The fourth-order valence-corrected chi connectivity index (χ4v) is 2.77. The Bertz CT molecular complexity index is 732. The molecule has 2 aromatic rings. The molecule has 0 unspecified atom stereocenters. The third-order valence-electron chi connectivity index (χ3n) is 4.42. The fourth-order valence-electron chi connectivity index (χ4n) is 2.77. The van der Waals surface area contributed by atoms with E-state index in [0.717, 1.165) is 6.92 Å². The number of aliphatic hydroxyl groups is 1. The highest BCUT2D eigenvalue weighted by Crippen LogP contribution is 2.58. The van der Waals surface area contributed by atoms with E-state index in [9.17, 15) is 13.6 Å². The second-order valence-corrected chi connectivity index (χ2v) is 6.06. The molecule has 0 bridgehead atoms. The molecule has 1 aromatic carbocycles. The number of aromatic nitrogens is 1. The molecule has 4 nitrogen and oxygen atoms in total. The van der Waals surface area contributed by atoms with Crippen LogP contribution in [0.25, 0.3) is 0 Å². The summed E-state index contributed by atoms with van der Waals surface area (Å²) in [5.41, 5.74) is -0.143. The van der Waals surface area contributed by atoms with Crippen LogP contribution >= 0.6 is 0 Å². The van der Waals surface area contributed by atoms with E-state index in [-0.39, 0.29) is 5.88 Å². The third kappa shape index (κ3) is 3.01. The van der Waals surface area contributed by atoms with Gasteiger partial charge < -0.3 is 9.84 Å². The number of carbonyl (C=O) groups is 1. The van der Waals surface area contributed by atoms with Crippen molar-refractivity contribution in [2.45, 2.75) is 31.1 Å². The molecule has 1 heterocycles. The Hall–Kier alpha value is -2.34. The van der Waals surface area contributed by atoms with Crippen molar-refractivity contribution < 1.29 is 23.4 Å². The van der Waals surface area contributed by atoms with Gasteiger partial charge in [0.05, 0.1) is 5.41 Å². The van der Waals surface area contributed by atoms with Crippen molar-refractivity contribution >= 4 is 5.78 Å². The quantitative estimate of drug-likeness (QED) is 0.818. The van der Waals surface area contributed by atoms with E-state index >= 15 is 0 Å². The number of hydrogen-bond acceptors (Lipinski definition) is 4. The van der Waals surface area contributed by atoms with Crippen LogP contribution < -0.4 is 4.74 Å². The van der Waals surface area contributed by atoms with Gasteiger partial charge >= 0.3 is 0 Å². The molecule has 0 aliphatic heterocycles. The molecular formula is C18H17F2NO3. The number of alkyl halides is 2. The zero-order valence-corrected chi connectivity index (χ0v) is 13.1. The summed E-state index contributed by atoms with van der Waals surface area (Å²) in [6, 6.07) is 9.60. The van der Waals surface area contributed by atoms with Crippen LogP contribution in [-0.2, 0) is 5.41 Å². The number of halogens is 2. The van der Waals surface area contributed by atoms with Gasteiger partial charge in [-0.2, -0.15) is 0 Å². The van der Waals surface area contributed by atoms with Crippen molar-refractivity contribution in [2.75, 3.05) is 6.61 Å². The summed E-state index contributed by atoms with van der Waals surface area (Å²) in [6.07, 6.45) is 2.29. The van der Waals surface area contributed by atoms with Crippen LogP contribution in [0, 0.1) is 0 Å². The monoisotopic (exact) mass is 333 g/mol. The Morgan fingerprint density at radius 1 is 1.25 bits per heavy atom. The van der Waals surface area contributed by atoms with Crippen molar-refractivity contribution in [2.24, 2.45) is 0 Å². The van der Waals surface area contributed by atoms with Crippen molar-refractivity contribution in [1.29, 1.82) is 0 Å². The average Bonchev–Trinajstić information content (AvgIpc) is 3.37. The number of pyridine rings is 1. The van der Waals surface area contributed by atoms with Gasteiger partial charge in [0.2, 0.25) is 5.88 Å². The smallest absolute Gasteiger partial charge is 0.254 e. The molecule has 3 rings (SSSR count). The number of aliphatic hydroxyl groups excluding tert-OH is 1. The van der Waals surface area contributed by atoms with Gasteiger partial charge in [0, 0.05) is 24.8 Å². The zero-order chi connectivity index (χ0) is 17.4. The SMILES string of the molecule is CC(F)(F)C1(c2ccc(Oc3ccc(C(=O)CO)cn3)cc2)CC1. The Kier molecular flexibility index (Phi) is 4.09. The number of ketones is 1. The Balaban J connectivity index is 1.72. The van der Waals surface area contributed by atoms with Gasteiger partial charge in [0.15, 0.2) is 5.78 Å². The molecular weight excluding hydrogens is 316 g/mol. The van der Waals surface area contributed by atoms with Gasteiger partial charge in [-0.1, -0.05) is 12.1 Å². The highest BCUT2D eigenvalue weighted by Gasteiger charge is 2.59. The van der Waals surface area contributed by atoms with Crippen molar-refractivity contribution in [3.05, 3.63) is 53.7 Å². The third-order valence-corrected chi connectivity index (χ3v) is 4.42. The number of Topliss-reactive ketones (excluding diaryl/α,β-unsaturated/α-hetero) is 1. The second kappa shape index (κ2) is 5.94. The van der Waals surface area contributed by atoms with Crippen LogP contribution in [0.2, 0.25) is 0 Å². The first-order valence-corrected chi connectivity index (χ1v) is 7.62. The summed E-state index contributed by atoms with van der Waals surface area (Å²) < 4.78 is 33.0. The molecule has 1 fully saturated rings. The van der Waals surface area contributed by atoms with Crippen molar-refractivity contribution in [3.63, 3.8) is 0 Å². The summed E-state index contributed by atoms with van der Waals surface area (Å²) >= 11 is 0. The Labute approximate surface area is 138 Å². The summed E-state index contributed by atoms with van der Waals surface area (Å²) in [4.78, 5) is 15.3. The van der Waals surface area contributed by atoms with E-state index in [1.807, 2.05) is 0 Å². The Morgan fingerprint density at radius 2 is 1.92 bits per heavy atom. The van der Waals surface area contributed by atoms with E-state index in [1.165, 1.54) is 18.3 Å². The maximum Gasteiger partial charge on any atom is 0.254 e. The predicted octanol–water partition coefficient (Wildman–Crippen LogP) is 3.74. The van der Waals surface area contributed by atoms with Gasteiger partial charge in [-0.3, -0.25) is 4.79 Å². The zero-order valence-electron chi connectivity index (χ0n) is 13.1. The van der Waals surface area contributed by atoms with Gasteiger partial charge in [-0.05, 0) is 36.6 Å². The molecule has 1 aliphatic carbocycles. The maximum atomic E-state index is 13.7. The molecule has 0 spiro atoms. The maximum absolute atomic E-state index is 13.7. The first-order valence-electron chi connectivity index (χ1n) is 7.62. The molecule has 6 heteroatoms. The second-order valence-electron chi connectivity index (χ2n) is 6.06.